The third-order valence-electron chi connectivity index (χ3n) is 4.86. The molecule has 2 nitrogen and oxygen atoms in total. The first-order valence-corrected chi connectivity index (χ1v) is 10.0. The lowest BCUT2D eigenvalue weighted by Gasteiger charge is -2.17. The number of nitrogens with zero attached hydrogens (tertiary/aromatic N) is 1. The quantitative estimate of drug-likeness (QED) is 0.429. The lowest BCUT2D eigenvalue weighted by atomic mass is 9.88. The van der Waals surface area contributed by atoms with Crippen LogP contribution in [0.2, 0.25) is 0 Å². The van der Waals surface area contributed by atoms with Crippen LogP contribution in [0.25, 0.3) is 11.1 Å². The van der Waals surface area contributed by atoms with Crippen molar-refractivity contribution in [2.75, 3.05) is 27.2 Å². The van der Waals surface area contributed by atoms with E-state index in [0.29, 0.717) is 6.61 Å². The van der Waals surface area contributed by atoms with Gasteiger partial charge in [-0.15, -0.1) is 0 Å². The standard InChI is InChI=1S/C26H28FNO/c1-4-25(20-10-14-23(27)15-11-20)26(21-8-6-5-7-9-21)22-12-16-24(17-13-22)29-19-18-28(2)3/h5-17H,4,18-19H2,1-3H3/b26-25-. The van der Waals surface area contributed by atoms with Crippen LogP contribution in [-0.4, -0.2) is 32.1 Å². The molecule has 0 aliphatic rings. The van der Waals surface area contributed by atoms with E-state index in [9.17, 15) is 4.39 Å². The van der Waals surface area contributed by atoms with Crippen LogP contribution < -0.4 is 4.74 Å². The summed E-state index contributed by atoms with van der Waals surface area (Å²) in [5, 5.41) is 0. The molecule has 29 heavy (non-hydrogen) atoms. The van der Waals surface area contributed by atoms with Gasteiger partial charge in [-0.1, -0.05) is 61.5 Å². The summed E-state index contributed by atoms with van der Waals surface area (Å²) in [4.78, 5) is 2.10. The Kier molecular flexibility index (Phi) is 7.20. The number of halogens is 1. The Morgan fingerprint density at radius 3 is 1.97 bits per heavy atom. The molecule has 0 aliphatic heterocycles. The lowest BCUT2D eigenvalue weighted by Crippen LogP contribution is -2.19. The fourth-order valence-electron chi connectivity index (χ4n) is 3.36. The van der Waals surface area contributed by atoms with E-state index in [1.54, 1.807) is 0 Å². The largest absolute Gasteiger partial charge is 0.492 e. The smallest absolute Gasteiger partial charge is 0.123 e. The first-order chi connectivity index (χ1) is 14.1. The summed E-state index contributed by atoms with van der Waals surface area (Å²) >= 11 is 0. The highest BCUT2D eigenvalue weighted by Gasteiger charge is 2.13. The number of ether oxygens (including phenoxy) is 1. The molecule has 0 atom stereocenters. The van der Waals surface area contributed by atoms with Crippen LogP contribution in [0.3, 0.4) is 0 Å². The van der Waals surface area contributed by atoms with Gasteiger partial charge in [-0.3, -0.25) is 0 Å². The van der Waals surface area contributed by atoms with E-state index in [0.717, 1.165) is 35.4 Å². The zero-order chi connectivity index (χ0) is 20.6. The molecule has 0 aliphatic carbocycles. The third-order valence-corrected chi connectivity index (χ3v) is 4.86. The molecule has 0 unspecified atom stereocenters. The Bertz CT molecular complexity index is 929. The van der Waals surface area contributed by atoms with Crippen LogP contribution in [-0.2, 0) is 0 Å². The monoisotopic (exact) mass is 389 g/mol. The molecule has 0 N–H and O–H groups in total. The normalized spacial score (nSPS) is 12.0. The maximum Gasteiger partial charge on any atom is 0.123 e. The molecule has 0 radical (unpaired) electrons. The molecule has 0 aromatic heterocycles. The van der Waals surface area contributed by atoms with E-state index >= 15 is 0 Å². The van der Waals surface area contributed by atoms with E-state index in [1.165, 1.54) is 23.3 Å². The molecule has 0 fully saturated rings. The molecule has 0 amide bonds. The lowest BCUT2D eigenvalue weighted by molar-refractivity contribution is 0.261. The highest BCUT2D eigenvalue weighted by molar-refractivity contribution is 5.98. The predicted octanol–water partition coefficient (Wildman–Crippen LogP) is 6.14. The SMILES string of the molecule is CC/C(=C(\c1ccccc1)c1ccc(OCCN(C)C)cc1)c1ccc(F)cc1. The summed E-state index contributed by atoms with van der Waals surface area (Å²) in [6, 6.07) is 25.4. The number of hydrogen-bond donors (Lipinski definition) is 0. The third kappa shape index (κ3) is 5.55. The van der Waals surface area contributed by atoms with Crippen molar-refractivity contribution in [2.45, 2.75) is 13.3 Å². The summed E-state index contributed by atoms with van der Waals surface area (Å²) in [5.41, 5.74) is 5.67. The average Bonchev–Trinajstić information content (AvgIpc) is 2.74. The predicted molar refractivity (Wildman–Crippen MR) is 120 cm³/mol. The van der Waals surface area contributed by atoms with Gasteiger partial charge in [0.05, 0.1) is 0 Å². The Labute approximate surface area is 173 Å². The van der Waals surface area contributed by atoms with E-state index < -0.39 is 0 Å². The first kappa shape index (κ1) is 20.8. The Morgan fingerprint density at radius 2 is 1.38 bits per heavy atom. The zero-order valence-corrected chi connectivity index (χ0v) is 17.4. The molecule has 3 aromatic rings. The molecule has 0 heterocycles. The summed E-state index contributed by atoms with van der Waals surface area (Å²) in [6.07, 6.45) is 0.844. The minimum atomic E-state index is -0.218. The zero-order valence-electron chi connectivity index (χ0n) is 17.4. The van der Waals surface area contributed by atoms with Crippen molar-refractivity contribution in [1.29, 1.82) is 0 Å². The minimum absolute atomic E-state index is 0.218. The Morgan fingerprint density at radius 1 is 0.793 bits per heavy atom. The second-order valence-electron chi connectivity index (χ2n) is 7.26. The molecule has 0 spiro atoms. The Balaban J connectivity index is 2.01. The topological polar surface area (TPSA) is 12.5 Å². The number of benzene rings is 3. The molecule has 0 saturated heterocycles. The van der Waals surface area contributed by atoms with Gasteiger partial charge < -0.3 is 9.64 Å². The van der Waals surface area contributed by atoms with Gasteiger partial charge in [-0.05, 0) is 72.6 Å². The summed E-state index contributed by atoms with van der Waals surface area (Å²) in [6.45, 7) is 3.67. The van der Waals surface area contributed by atoms with Crippen molar-refractivity contribution in [3.8, 4) is 5.75 Å². The van der Waals surface area contributed by atoms with Crippen molar-refractivity contribution in [3.63, 3.8) is 0 Å². The van der Waals surface area contributed by atoms with Crippen LogP contribution in [0.15, 0.2) is 78.9 Å². The number of likely N-dealkylation sites (N-methyl/N-ethyl adjacent to an activating group) is 1. The Hall–Kier alpha value is -2.91. The maximum atomic E-state index is 13.5. The van der Waals surface area contributed by atoms with Gasteiger partial charge in [0.25, 0.3) is 0 Å². The molecule has 3 heteroatoms. The fraction of sp³-hybridized carbons (Fsp3) is 0.231. The second kappa shape index (κ2) is 10.0. The fourth-order valence-corrected chi connectivity index (χ4v) is 3.36. The van der Waals surface area contributed by atoms with Crippen molar-refractivity contribution in [1.82, 2.24) is 4.90 Å². The number of hydrogen-bond acceptors (Lipinski definition) is 2. The van der Waals surface area contributed by atoms with Gasteiger partial charge in [-0.25, -0.2) is 4.39 Å². The molecule has 0 bridgehead atoms. The van der Waals surface area contributed by atoms with Gasteiger partial charge in [0, 0.05) is 6.54 Å². The van der Waals surface area contributed by atoms with Crippen LogP contribution in [0.4, 0.5) is 4.39 Å². The van der Waals surface area contributed by atoms with E-state index in [4.69, 9.17) is 4.74 Å². The van der Waals surface area contributed by atoms with Crippen LogP contribution in [0, 0.1) is 5.82 Å². The minimum Gasteiger partial charge on any atom is -0.492 e. The summed E-state index contributed by atoms with van der Waals surface area (Å²) in [7, 11) is 4.07. The highest BCUT2D eigenvalue weighted by atomic mass is 19.1. The van der Waals surface area contributed by atoms with Gasteiger partial charge in [0.1, 0.15) is 18.2 Å². The molecular formula is C26H28FNO. The first-order valence-electron chi connectivity index (χ1n) is 10.0. The van der Waals surface area contributed by atoms with Crippen LogP contribution >= 0.6 is 0 Å². The van der Waals surface area contributed by atoms with Gasteiger partial charge >= 0.3 is 0 Å². The molecule has 150 valence electrons. The maximum absolute atomic E-state index is 13.5. The van der Waals surface area contributed by atoms with Crippen molar-refractivity contribution in [3.05, 3.63) is 101 Å². The molecular weight excluding hydrogens is 361 g/mol. The molecule has 3 aromatic carbocycles. The van der Waals surface area contributed by atoms with Gasteiger partial charge in [0.2, 0.25) is 0 Å². The summed E-state index contributed by atoms with van der Waals surface area (Å²) in [5.74, 6) is 0.646. The van der Waals surface area contributed by atoms with E-state index in [1.807, 2.05) is 56.6 Å². The highest BCUT2D eigenvalue weighted by Crippen LogP contribution is 2.35. The molecule has 0 saturated carbocycles. The van der Waals surface area contributed by atoms with Crippen molar-refractivity contribution < 1.29 is 9.13 Å². The molecule has 3 rings (SSSR count). The second-order valence-corrected chi connectivity index (χ2v) is 7.26. The summed E-state index contributed by atoms with van der Waals surface area (Å²) < 4.78 is 19.3. The van der Waals surface area contributed by atoms with Gasteiger partial charge in [0.15, 0.2) is 0 Å². The van der Waals surface area contributed by atoms with Crippen molar-refractivity contribution >= 4 is 11.1 Å². The number of allylic oxidation sites excluding steroid dienone is 1. The number of rotatable bonds is 8. The van der Waals surface area contributed by atoms with Crippen molar-refractivity contribution in [2.24, 2.45) is 0 Å². The average molecular weight is 390 g/mol. The van der Waals surface area contributed by atoms with E-state index in [2.05, 4.69) is 36.1 Å². The van der Waals surface area contributed by atoms with Crippen LogP contribution in [0.1, 0.15) is 30.0 Å². The van der Waals surface area contributed by atoms with Gasteiger partial charge in [-0.2, -0.15) is 0 Å². The van der Waals surface area contributed by atoms with E-state index in [-0.39, 0.29) is 5.82 Å². The van der Waals surface area contributed by atoms with Crippen LogP contribution in [0.5, 0.6) is 5.75 Å².